The molecule has 0 aliphatic carbocycles. The number of fused-ring (bicyclic) bond motifs is 1. The SMILES string of the molecule is CCCS(=O)(=O)NN(CC)S(=O)(=O)c1c(C(N)=O)[nH]c2ccc(Br)cc12.Cl. The molecule has 2 aromatic rings. The second-order valence-electron chi connectivity index (χ2n) is 5.46. The highest BCUT2D eigenvalue weighted by Crippen LogP contribution is 2.31. The summed E-state index contributed by atoms with van der Waals surface area (Å²) in [6.07, 6.45) is 0.319. The number of H-pyrrole nitrogens is 1. The summed E-state index contributed by atoms with van der Waals surface area (Å²) in [6, 6.07) is 4.77. The Balaban J connectivity index is 0.00000364. The number of primary amides is 1. The van der Waals surface area contributed by atoms with Crippen LogP contribution in [0, 0.1) is 0 Å². The fraction of sp³-hybridized carbons (Fsp3) is 0.357. The van der Waals surface area contributed by atoms with Gasteiger partial charge in [0, 0.05) is 21.9 Å². The number of hydrogen-bond donors (Lipinski definition) is 3. The van der Waals surface area contributed by atoms with Gasteiger partial charge in [-0.2, -0.15) is 0 Å². The summed E-state index contributed by atoms with van der Waals surface area (Å²) in [5.41, 5.74) is 5.39. The molecular weight excluding hydrogens is 484 g/mol. The van der Waals surface area contributed by atoms with E-state index in [1.165, 1.54) is 13.0 Å². The van der Waals surface area contributed by atoms with Crippen LogP contribution >= 0.6 is 28.3 Å². The fourth-order valence-electron chi connectivity index (χ4n) is 2.44. The Bertz CT molecular complexity index is 1050. The monoisotopic (exact) mass is 502 g/mol. The molecule has 152 valence electrons. The molecule has 2 rings (SSSR count). The zero-order chi connectivity index (χ0) is 19.7. The molecule has 0 atom stereocenters. The lowest BCUT2D eigenvalue weighted by atomic mass is 10.2. The fourth-order valence-corrected chi connectivity index (χ4v) is 6.02. The minimum absolute atomic E-state index is 0. The largest absolute Gasteiger partial charge is 0.364 e. The van der Waals surface area contributed by atoms with Crippen molar-refractivity contribution >= 4 is 65.2 Å². The maximum atomic E-state index is 13.1. The predicted octanol–water partition coefficient (Wildman–Crippen LogP) is 1.71. The standard InChI is InChI=1S/C14H19BrN4O5S2.ClH/c1-3-7-25(21,22)18-19(4-2)26(23,24)13-10-8-9(15)5-6-11(10)17-12(13)14(16)20;/h5-6,8,17-18H,3-4,7H2,1-2H3,(H2,16,20);1H. The molecule has 0 unspecified atom stereocenters. The number of sulfonamides is 2. The van der Waals surface area contributed by atoms with Crippen molar-refractivity contribution in [3.63, 3.8) is 0 Å². The van der Waals surface area contributed by atoms with Crippen molar-refractivity contribution in [2.24, 2.45) is 5.73 Å². The van der Waals surface area contributed by atoms with Crippen LogP contribution in [-0.4, -0.2) is 44.4 Å². The van der Waals surface area contributed by atoms with Gasteiger partial charge in [-0.3, -0.25) is 4.79 Å². The number of hydrogen-bond acceptors (Lipinski definition) is 5. The second kappa shape index (κ2) is 8.88. The van der Waals surface area contributed by atoms with Crippen LogP contribution in [0.2, 0.25) is 0 Å². The molecule has 4 N–H and O–H groups in total. The molecular formula is C14H20BrClN4O5S2. The first-order valence-corrected chi connectivity index (χ1v) is 11.6. The Morgan fingerprint density at radius 1 is 1.26 bits per heavy atom. The Morgan fingerprint density at radius 3 is 2.41 bits per heavy atom. The first-order valence-electron chi connectivity index (χ1n) is 7.67. The molecule has 0 fully saturated rings. The van der Waals surface area contributed by atoms with Crippen LogP contribution < -0.4 is 10.6 Å². The van der Waals surface area contributed by atoms with Gasteiger partial charge >= 0.3 is 0 Å². The highest BCUT2D eigenvalue weighted by Gasteiger charge is 2.34. The summed E-state index contributed by atoms with van der Waals surface area (Å²) in [6.45, 7) is 2.96. The van der Waals surface area contributed by atoms with Crippen LogP contribution in [0.5, 0.6) is 0 Å². The number of rotatable bonds is 8. The van der Waals surface area contributed by atoms with Gasteiger partial charge in [0.1, 0.15) is 10.6 Å². The van der Waals surface area contributed by atoms with E-state index in [1.807, 2.05) is 0 Å². The number of benzene rings is 1. The lowest BCUT2D eigenvalue weighted by molar-refractivity contribution is 0.0993. The summed E-state index contributed by atoms with van der Waals surface area (Å²) in [7, 11) is -8.24. The van der Waals surface area contributed by atoms with E-state index >= 15 is 0 Å². The molecule has 13 heteroatoms. The lowest BCUT2D eigenvalue weighted by Crippen LogP contribution is -2.46. The molecule has 0 saturated carbocycles. The molecule has 1 amide bonds. The van der Waals surface area contributed by atoms with Crippen LogP contribution in [0.15, 0.2) is 27.6 Å². The highest BCUT2D eigenvalue weighted by molar-refractivity contribution is 9.10. The van der Waals surface area contributed by atoms with Crippen molar-refractivity contribution in [2.75, 3.05) is 12.3 Å². The van der Waals surface area contributed by atoms with Crippen LogP contribution in [-0.2, 0) is 20.0 Å². The van der Waals surface area contributed by atoms with E-state index in [2.05, 4.69) is 25.7 Å². The molecule has 0 bridgehead atoms. The van der Waals surface area contributed by atoms with E-state index in [-0.39, 0.29) is 40.7 Å². The normalized spacial score (nSPS) is 12.3. The Morgan fingerprint density at radius 2 is 1.89 bits per heavy atom. The quantitative estimate of drug-likeness (QED) is 0.470. The number of hydrazine groups is 1. The second-order valence-corrected chi connectivity index (χ2v) is 10.00. The number of nitrogens with one attached hydrogen (secondary N) is 2. The predicted molar refractivity (Wildman–Crippen MR) is 109 cm³/mol. The summed E-state index contributed by atoms with van der Waals surface area (Å²) in [5, 5.41) is 0.223. The van der Waals surface area contributed by atoms with Crippen LogP contribution in [0.4, 0.5) is 0 Å². The van der Waals surface area contributed by atoms with Gasteiger partial charge in [-0.1, -0.05) is 22.9 Å². The maximum absolute atomic E-state index is 13.1. The first-order chi connectivity index (χ1) is 12.0. The number of nitrogens with zero attached hydrogens (tertiary/aromatic N) is 1. The third-order valence-corrected chi connectivity index (χ3v) is 7.43. The number of amides is 1. The molecule has 9 nitrogen and oxygen atoms in total. The molecule has 0 spiro atoms. The maximum Gasteiger partial charge on any atom is 0.266 e. The van der Waals surface area contributed by atoms with E-state index in [1.54, 1.807) is 19.1 Å². The molecule has 1 aromatic carbocycles. The molecule has 0 saturated heterocycles. The lowest BCUT2D eigenvalue weighted by Gasteiger charge is -2.21. The van der Waals surface area contributed by atoms with Gasteiger partial charge in [0.15, 0.2) is 0 Å². The third-order valence-electron chi connectivity index (χ3n) is 3.51. The van der Waals surface area contributed by atoms with Crippen LogP contribution in [0.3, 0.4) is 0 Å². The Labute approximate surface area is 172 Å². The van der Waals surface area contributed by atoms with Crippen molar-refractivity contribution in [1.29, 1.82) is 0 Å². The molecule has 0 aliphatic rings. The smallest absolute Gasteiger partial charge is 0.266 e. The van der Waals surface area contributed by atoms with Gasteiger partial charge in [0.2, 0.25) is 10.0 Å². The van der Waals surface area contributed by atoms with Crippen molar-refractivity contribution in [1.82, 2.24) is 14.2 Å². The number of carbonyl (C=O) groups is 1. The number of carbonyl (C=O) groups excluding carboxylic acids is 1. The molecule has 27 heavy (non-hydrogen) atoms. The molecule has 1 heterocycles. The molecule has 0 radical (unpaired) electrons. The van der Waals surface area contributed by atoms with E-state index in [4.69, 9.17) is 5.73 Å². The van der Waals surface area contributed by atoms with Gasteiger partial charge in [-0.15, -0.1) is 21.7 Å². The Hall–Kier alpha value is -1.18. The van der Waals surface area contributed by atoms with Crippen molar-refractivity contribution in [2.45, 2.75) is 25.2 Å². The summed E-state index contributed by atoms with van der Waals surface area (Å²) in [4.78, 5) is 16.1. The van der Waals surface area contributed by atoms with E-state index in [0.717, 1.165) is 0 Å². The topological polar surface area (TPSA) is 142 Å². The van der Waals surface area contributed by atoms with E-state index in [0.29, 0.717) is 20.8 Å². The summed E-state index contributed by atoms with van der Waals surface area (Å²) in [5.74, 6) is -1.20. The molecule has 0 aliphatic heterocycles. The number of halogens is 2. The number of aromatic amines is 1. The first kappa shape index (κ1) is 23.9. The third kappa shape index (κ3) is 5.00. The average molecular weight is 504 g/mol. The van der Waals surface area contributed by atoms with Gasteiger partial charge < -0.3 is 10.7 Å². The summed E-state index contributed by atoms with van der Waals surface area (Å²) < 4.78 is 51.5. The van der Waals surface area contributed by atoms with Gasteiger partial charge in [-0.05, 0) is 31.5 Å². The molecule has 1 aromatic heterocycles. The minimum Gasteiger partial charge on any atom is -0.364 e. The zero-order valence-electron chi connectivity index (χ0n) is 14.5. The average Bonchev–Trinajstić information content (AvgIpc) is 2.92. The highest BCUT2D eigenvalue weighted by atomic mass is 79.9. The van der Waals surface area contributed by atoms with Crippen LogP contribution in [0.1, 0.15) is 30.8 Å². The van der Waals surface area contributed by atoms with Gasteiger partial charge in [0.25, 0.3) is 15.9 Å². The van der Waals surface area contributed by atoms with Crippen molar-refractivity contribution < 1.29 is 21.6 Å². The zero-order valence-corrected chi connectivity index (χ0v) is 18.6. The van der Waals surface area contributed by atoms with E-state index in [9.17, 15) is 21.6 Å². The van der Waals surface area contributed by atoms with Gasteiger partial charge in [0.05, 0.1) is 5.75 Å². The number of aromatic nitrogens is 1. The van der Waals surface area contributed by atoms with Crippen molar-refractivity contribution in [3.05, 3.63) is 28.4 Å². The Kier molecular flexibility index (Phi) is 7.85. The van der Waals surface area contributed by atoms with E-state index < -0.39 is 26.0 Å². The summed E-state index contributed by atoms with van der Waals surface area (Å²) >= 11 is 3.25. The number of nitrogens with two attached hydrogens (primary N) is 1. The van der Waals surface area contributed by atoms with Crippen LogP contribution in [0.25, 0.3) is 10.9 Å². The van der Waals surface area contributed by atoms with Gasteiger partial charge in [-0.25, -0.2) is 16.8 Å². The minimum atomic E-state index is -4.39. The van der Waals surface area contributed by atoms with Crippen molar-refractivity contribution in [3.8, 4) is 0 Å².